The highest BCUT2D eigenvalue weighted by Gasteiger charge is 2.14. The summed E-state index contributed by atoms with van der Waals surface area (Å²) in [5.41, 5.74) is 1.18. The van der Waals surface area contributed by atoms with Crippen LogP contribution >= 0.6 is 11.3 Å². The molecule has 8 heteroatoms. The number of carboxylic acid groups (broad SMARTS) is 1. The van der Waals surface area contributed by atoms with Crippen LogP contribution in [-0.4, -0.2) is 53.2 Å². The molecule has 0 aliphatic carbocycles. The highest BCUT2D eigenvalue weighted by Crippen LogP contribution is 2.16. The number of hydrogen-bond acceptors (Lipinski definition) is 6. The Labute approximate surface area is 142 Å². The van der Waals surface area contributed by atoms with E-state index in [1.165, 1.54) is 11.4 Å². The molecule has 2 N–H and O–H groups in total. The van der Waals surface area contributed by atoms with Crippen molar-refractivity contribution in [2.45, 2.75) is 6.54 Å². The fourth-order valence-electron chi connectivity index (χ4n) is 2.38. The molecule has 0 saturated carbocycles. The normalized spacial score (nSPS) is 15.2. The number of nitrogens with zero attached hydrogens (tertiary/aromatic N) is 2. The first kappa shape index (κ1) is 16.6. The first-order valence-corrected chi connectivity index (χ1v) is 8.39. The number of aromatic carboxylic acids is 1. The number of thiophene rings is 1. The SMILES string of the molecule is O=C(Nc1cccc(CN2CCOCC2)n1)c1csc(C(=O)O)c1. The van der Waals surface area contributed by atoms with Gasteiger partial charge < -0.3 is 15.2 Å². The van der Waals surface area contributed by atoms with Gasteiger partial charge in [0.1, 0.15) is 10.7 Å². The molecule has 1 aliphatic heterocycles. The molecule has 0 unspecified atom stereocenters. The summed E-state index contributed by atoms with van der Waals surface area (Å²) in [5.74, 6) is -0.951. The molecule has 0 bridgehead atoms. The van der Waals surface area contributed by atoms with Crippen molar-refractivity contribution in [2.24, 2.45) is 0 Å². The minimum atomic E-state index is -1.04. The van der Waals surface area contributed by atoms with Gasteiger partial charge in [0.2, 0.25) is 0 Å². The highest BCUT2D eigenvalue weighted by molar-refractivity contribution is 7.12. The lowest BCUT2D eigenvalue weighted by molar-refractivity contribution is 0.0337. The Morgan fingerprint density at radius 2 is 2.12 bits per heavy atom. The van der Waals surface area contributed by atoms with Gasteiger partial charge in [0, 0.05) is 25.0 Å². The van der Waals surface area contributed by atoms with E-state index in [0.29, 0.717) is 17.9 Å². The van der Waals surface area contributed by atoms with Gasteiger partial charge in [-0.1, -0.05) is 6.07 Å². The first-order valence-electron chi connectivity index (χ1n) is 7.51. The number of nitrogens with one attached hydrogen (secondary N) is 1. The van der Waals surface area contributed by atoms with Crippen molar-refractivity contribution in [1.82, 2.24) is 9.88 Å². The van der Waals surface area contributed by atoms with E-state index in [0.717, 1.165) is 43.3 Å². The molecular formula is C16H17N3O4S. The van der Waals surface area contributed by atoms with Crippen molar-refractivity contribution in [1.29, 1.82) is 0 Å². The Morgan fingerprint density at radius 3 is 2.83 bits per heavy atom. The molecule has 0 atom stereocenters. The van der Waals surface area contributed by atoms with Crippen LogP contribution in [0.25, 0.3) is 0 Å². The van der Waals surface area contributed by atoms with Crippen LogP contribution in [-0.2, 0) is 11.3 Å². The number of hydrogen-bond donors (Lipinski definition) is 2. The highest BCUT2D eigenvalue weighted by atomic mass is 32.1. The van der Waals surface area contributed by atoms with Crippen molar-refractivity contribution >= 4 is 29.0 Å². The molecule has 24 heavy (non-hydrogen) atoms. The first-order chi connectivity index (χ1) is 11.6. The predicted octanol–water partition coefficient (Wildman–Crippen LogP) is 1.93. The van der Waals surface area contributed by atoms with E-state index >= 15 is 0 Å². The van der Waals surface area contributed by atoms with Gasteiger partial charge in [-0.05, 0) is 18.2 Å². The molecule has 3 heterocycles. The minimum Gasteiger partial charge on any atom is -0.477 e. The van der Waals surface area contributed by atoms with Crippen molar-refractivity contribution in [3.63, 3.8) is 0 Å². The maximum Gasteiger partial charge on any atom is 0.345 e. The van der Waals surface area contributed by atoms with Gasteiger partial charge in [-0.3, -0.25) is 9.69 Å². The summed E-state index contributed by atoms with van der Waals surface area (Å²) in [6.07, 6.45) is 0. The Morgan fingerprint density at radius 1 is 1.33 bits per heavy atom. The molecule has 0 radical (unpaired) electrons. The van der Waals surface area contributed by atoms with Crippen LogP contribution < -0.4 is 5.32 Å². The van der Waals surface area contributed by atoms with Gasteiger partial charge in [-0.25, -0.2) is 9.78 Å². The van der Waals surface area contributed by atoms with Gasteiger partial charge >= 0.3 is 5.97 Å². The van der Waals surface area contributed by atoms with Gasteiger partial charge in [0.25, 0.3) is 5.91 Å². The topological polar surface area (TPSA) is 91.8 Å². The summed E-state index contributed by atoms with van der Waals surface area (Å²) in [4.78, 5) is 29.9. The molecule has 1 fully saturated rings. The lowest BCUT2D eigenvalue weighted by Crippen LogP contribution is -2.35. The number of carboxylic acids is 1. The number of ether oxygens (including phenoxy) is 1. The third kappa shape index (κ3) is 4.16. The molecule has 2 aromatic rings. The summed E-state index contributed by atoms with van der Waals surface area (Å²) < 4.78 is 5.32. The number of aromatic nitrogens is 1. The molecule has 1 saturated heterocycles. The second kappa shape index (κ2) is 7.52. The summed E-state index contributed by atoms with van der Waals surface area (Å²) in [7, 11) is 0. The van der Waals surface area contributed by atoms with Gasteiger partial charge in [-0.15, -0.1) is 11.3 Å². The van der Waals surface area contributed by atoms with E-state index in [9.17, 15) is 9.59 Å². The average Bonchev–Trinajstić information content (AvgIpc) is 3.06. The number of morpholine rings is 1. The van der Waals surface area contributed by atoms with E-state index in [1.807, 2.05) is 12.1 Å². The third-order valence-electron chi connectivity index (χ3n) is 3.61. The lowest BCUT2D eigenvalue weighted by atomic mass is 10.2. The zero-order valence-electron chi connectivity index (χ0n) is 12.9. The molecule has 0 spiro atoms. The van der Waals surface area contributed by atoms with Crippen molar-refractivity contribution < 1.29 is 19.4 Å². The van der Waals surface area contributed by atoms with E-state index < -0.39 is 5.97 Å². The number of pyridine rings is 1. The van der Waals surface area contributed by atoms with Crippen LogP contribution in [0.1, 0.15) is 25.7 Å². The van der Waals surface area contributed by atoms with Crippen LogP contribution in [0, 0.1) is 0 Å². The van der Waals surface area contributed by atoms with Crippen LogP contribution in [0.5, 0.6) is 0 Å². The van der Waals surface area contributed by atoms with Crippen LogP contribution in [0.4, 0.5) is 5.82 Å². The van der Waals surface area contributed by atoms with Gasteiger partial charge in [-0.2, -0.15) is 0 Å². The smallest absolute Gasteiger partial charge is 0.345 e. The Kier molecular flexibility index (Phi) is 5.19. The zero-order valence-corrected chi connectivity index (χ0v) is 13.7. The predicted molar refractivity (Wildman–Crippen MR) is 89.6 cm³/mol. The summed E-state index contributed by atoms with van der Waals surface area (Å²) in [5, 5.41) is 13.1. The van der Waals surface area contributed by atoms with Crippen LogP contribution in [0.3, 0.4) is 0 Å². The quantitative estimate of drug-likeness (QED) is 0.859. The van der Waals surface area contributed by atoms with Crippen LogP contribution in [0.2, 0.25) is 0 Å². The number of rotatable bonds is 5. The van der Waals surface area contributed by atoms with E-state index in [2.05, 4.69) is 15.2 Å². The molecule has 7 nitrogen and oxygen atoms in total. The molecule has 1 amide bonds. The Bertz CT molecular complexity index is 740. The fourth-order valence-corrected chi connectivity index (χ4v) is 3.11. The maximum atomic E-state index is 12.2. The van der Waals surface area contributed by atoms with Crippen LogP contribution in [0.15, 0.2) is 29.6 Å². The molecular weight excluding hydrogens is 330 g/mol. The second-order valence-electron chi connectivity index (χ2n) is 5.36. The summed E-state index contributed by atoms with van der Waals surface area (Å²) in [6, 6.07) is 6.83. The van der Waals surface area contributed by atoms with E-state index in [1.54, 1.807) is 6.07 Å². The van der Waals surface area contributed by atoms with Gasteiger partial charge in [0.05, 0.1) is 24.5 Å². The molecule has 3 rings (SSSR count). The van der Waals surface area contributed by atoms with Crippen molar-refractivity contribution in [3.05, 3.63) is 45.8 Å². The lowest BCUT2D eigenvalue weighted by Gasteiger charge is -2.26. The average molecular weight is 347 g/mol. The van der Waals surface area contributed by atoms with Gasteiger partial charge in [0.15, 0.2) is 0 Å². The Balaban J connectivity index is 1.64. The van der Waals surface area contributed by atoms with E-state index in [4.69, 9.17) is 9.84 Å². The monoisotopic (exact) mass is 347 g/mol. The van der Waals surface area contributed by atoms with Crippen molar-refractivity contribution in [3.8, 4) is 0 Å². The standard InChI is InChI=1S/C16H17N3O4S/c20-15(11-8-13(16(21)22)24-10-11)18-14-3-1-2-12(17-14)9-19-4-6-23-7-5-19/h1-3,8,10H,4-7,9H2,(H,21,22)(H,17,18,20). The third-order valence-corrected chi connectivity index (χ3v) is 4.53. The summed E-state index contributed by atoms with van der Waals surface area (Å²) in [6.45, 7) is 3.88. The number of amides is 1. The second-order valence-corrected chi connectivity index (χ2v) is 6.27. The molecule has 126 valence electrons. The number of carbonyl (C=O) groups is 2. The number of anilines is 1. The number of carbonyl (C=O) groups excluding carboxylic acids is 1. The molecule has 0 aromatic carbocycles. The minimum absolute atomic E-state index is 0.133. The maximum absolute atomic E-state index is 12.2. The van der Waals surface area contributed by atoms with Crippen molar-refractivity contribution in [2.75, 3.05) is 31.6 Å². The molecule has 2 aromatic heterocycles. The molecule has 1 aliphatic rings. The fraction of sp³-hybridized carbons (Fsp3) is 0.312. The zero-order chi connectivity index (χ0) is 16.9. The van der Waals surface area contributed by atoms with E-state index in [-0.39, 0.29) is 10.8 Å². The largest absolute Gasteiger partial charge is 0.477 e. The summed E-state index contributed by atoms with van der Waals surface area (Å²) >= 11 is 1.02. The Hall–Kier alpha value is -2.29.